The molecule has 0 saturated heterocycles. The number of rotatable bonds is 2. The largest absolute Gasteiger partial charge is 0.475 e. The number of carbonyl (C=O) groups is 1. The predicted octanol–water partition coefficient (Wildman–Crippen LogP) is 2.68. The lowest BCUT2D eigenvalue weighted by molar-refractivity contribution is 0.0644. The fourth-order valence-electron chi connectivity index (χ4n) is 0.637. The standard InChI is InChI=1S/C6H3BrF2O3/c7-2-1-3(6(10)11)12-4(2)5(8)9/h1,5H,(H,10,11). The third-order valence-corrected chi connectivity index (χ3v) is 1.74. The molecule has 12 heavy (non-hydrogen) atoms. The summed E-state index contributed by atoms with van der Waals surface area (Å²) in [6.07, 6.45) is -2.81. The van der Waals surface area contributed by atoms with Crippen molar-refractivity contribution in [3.8, 4) is 0 Å². The second kappa shape index (κ2) is 3.22. The molecule has 0 aliphatic heterocycles. The number of hydrogen-bond acceptors (Lipinski definition) is 2. The Morgan fingerprint density at radius 3 is 2.50 bits per heavy atom. The Balaban J connectivity index is 3.09. The van der Waals surface area contributed by atoms with Gasteiger partial charge < -0.3 is 9.52 Å². The SMILES string of the molecule is O=C(O)c1cc(Br)c(C(F)F)o1. The van der Waals surface area contributed by atoms with Gasteiger partial charge in [0.05, 0.1) is 4.47 Å². The summed E-state index contributed by atoms with van der Waals surface area (Å²) in [5, 5.41) is 8.34. The van der Waals surface area contributed by atoms with Gasteiger partial charge in [0.25, 0.3) is 6.43 Å². The van der Waals surface area contributed by atoms with Gasteiger partial charge in [0, 0.05) is 6.07 Å². The van der Waals surface area contributed by atoms with Gasteiger partial charge in [-0.3, -0.25) is 0 Å². The molecule has 0 atom stereocenters. The molecule has 0 saturated carbocycles. The Morgan fingerprint density at radius 1 is 1.67 bits per heavy atom. The van der Waals surface area contributed by atoms with Crippen LogP contribution in [-0.2, 0) is 0 Å². The maximum absolute atomic E-state index is 12.0. The van der Waals surface area contributed by atoms with Crippen LogP contribution >= 0.6 is 15.9 Å². The van der Waals surface area contributed by atoms with E-state index in [1.54, 1.807) is 0 Å². The van der Waals surface area contributed by atoms with Crippen molar-refractivity contribution in [1.82, 2.24) is 0 Å². The van der Waals surface area contributed by atoms with Crippen LogP contribution in [0.15, 0.2) is 15.0 Å². The minimum atomic E-state index is -2.81. The normalized spacial score (nSPS) is 10.7. The quantitative estimate of drug-likeness (QED) is 0.865. The molecule has 3 nitrogen and oxygen atoms in total. The van der Waals surface area contributed by atoms with E-state index >= 15 is 0 Å². The second-order valence-corrected chi connectivity index (χ2v) is 2.78. The molecule has 0 aliphatic rings. The molecular weight excluding hydrogens is 238 g/mol. The van der Waals surface area contributed by atoms with Crippen molar-refractivity contribution >= 4 is 21.9 Å². The smallest absolute Gasteiger partial charge is 0.371 e. The Bertz CT molecular complexity index is 308. The zero-order valence-corrected chi connectivity index (χ0v) is 7.14. The maximum atomic E-state index is 12.0. The van der Waals surface area contributed by atoms with Crippen LogP contribution in [0.5, 0.6) is 0 Å². The highest BCUT2D eigenvalue weighted by atomic mass is 79.9. The fraction of sp³-hybridized carbons (Fsp3) is 0.167. The molecule has 0 radical (unpaired) electrons. The first-order chi connectivity index (χ1) is 5.52. The van der Waals surface area contributed by atoms with Crippen LogP contribution in [-0.4, -0.2) is 11.1 Å². The number of aromatic carboxylic acids is 1. The Morgan fingerprint density at radius 2 is 2.25 bits per heavy atom. The fourth-order valence-corrected chi connectivity index (χ4v) is 1.10. The number of alkyl halides is 2. The van der Waals surface area contributed by atoms with Gasteiger partial charge in [-0.1, -0.05) is 0 Å². The summed E-state index contributed by atoms with van der Waals surface area (Å²) in [5.74, 6) is -2.54. The van der Waals surface area contributed by atoms with Crippen molar-refractivity contribution in [3.63, 3.8) is 0 Å². The summed E-state index contributed by atoms with van der Waals surface area (Å²) < 4.78 is 28.3. The van der Waals surface area contributed by atoms with Gasteiger partial charge >= 0.3 is 5.97 Å². The molecule has 0 spiro atoms. The van der Waals surface area contributed by atoms with Crippen molar-refractivity contribution in [3.05, 3.63) is 22.1 Å². The van der Waals surface area contributed by atoms with Gasteiger partial charge in [-0.05, 0) is 15.9 Å². The number of carboxylic acids is 1. The van der Waals surface area contributed by atoms with Crippen LogP contribution in [0.2, 0.25) is 0 Å². The number of furan rings is 1. The molecular formula is C6H3BrF2O3. The average molecular weight is 241 g/mol. The monoisotopic (exact) mass is 240 g/mol. The van der Waals surface area contributed by atoms with Gasteiger partial charge in [0.1, 0.15) is 0 Å². The van der Waals surface area contributed by atoms with Crippen molar-refractivity contribution in [1.29, 1.82) is 0 Å². The van der Waals surface area contributed by atoms with E-state index < -0.39 is 23.9 Å². The lowest BCUT2D eigenvalue weighted by atomic mass is 10.4. The van der Waals surface area contributed by atoms with Gasteiger partial charge in [-0.25, -0.2) is 13.6 Å². The topological polar surface area (TPSA) is 50.4 Å². The van der Waals surface area contributed by atoms with Crippen molar-refractivity contribution in [2.75, 3.05) is 0 Å². The van der Waals surface area contributed by atoms with E-state index in [-0.39, 0.29) is 4.47 Å². The molecule has 1 aromatic heterocycles. The summed E-state index contributed by atoms with van der Waals surface area (Å²) in [7, 11) is 0. The summed E-state index contributed by atoms with van der Waals surface area (Å²) in [6, 6.07) is 0.990. The molecule has 0 bridgehead atoms. The molecule has 0 aliphatic carbocycles. The van der Waals surface area contributed by atoms with Crippen molar-refractivity contribution in [2.24, 2.45) is 0 Å². The third kappa shape index (κ3) is 1.63. The molecule has 0 unspecified atom stereocenters. The van der Waals surface area contributed by atoms with E-state index in [2.05, 4.69) is 20.3 Å². The van der Waals surface area contributed by atoms with Gasteiger partial charge in [-0.15, -0.1) is 0 Å². The first kappa shape index (κ1) is 9.18. The molecule has 1 heterocycles. The Kier molecular flexibility index (Phi) is 2.46. The molecule has 6 heteroatoms. The van der Waals surface area contributed by atoms with Crippen LogP contribution in [0.25, 0.3) is 0 Å². The molecule has 0 fully saturated rings. The van der Waals surface area contributed by atoms with Crippen molar-refractivity contribution in [2.45, 2.75) is 6.43 Å². The third-order valence-electron chi connectivity index (χ3n) is 1.12. The molecule has 0 aromatic carbocycles. The van der Waals surface area contributed by atoms with E-state index in [1.165, 1.54) is 0 Å². The van der Waals surface area contributed by atoms with E-state index in [0.29, 0.717) is 0 Å². The average Bonchev–Trinajstić information content (AvgIpc) is 2.30. The highest BCUT2D eigenvalue weighted by Crippen LogP contribution is 2.30. The molecule has 1 N–H and O–H groups in total. The minimum absolute atomic E-state index is 0.0325. The zero-order chi connectivity index (χ0) is 9.30. The van der Waals surface area contributed by atoms with Crippen LogP contribution < -0.4 is 0 Å². The van der Waals surface area contributed by atoms with E-state index in [1.807, 2.05) is 0 Å². The van der Waals surface area contributed by atoms with Crippen LogP contribution in [0.3, 0.4) is 0 Å². The highest BCUT2D eigenvalue weighted by molar-refractivity contribution is 9.10. The second-order valence-electron chi connectivity index (χ2n) is 1.93. The van der Waals surface area contributed by atoms with Gasteiger partial charge in [0.15, 0.2) is 5.76 Å². The Hall–Kier alpha value is -0.910. The maximum Gasteiger partial charge on any atom is 0.371 e. The zero-order valence-electron chi connectivity index (χ0n) is 5.55. The first-order valence-corrected chi connectivity index (χ1v) is 3.62. The lowest BCUT2D eigenvalue weighted by Crippen LogP contribution is -1.91. The summed E-state index contributed by atoms with van der Waals surface area (Å²) in [5.41, 5.74) is 0. The molecule has 1 rings (SSSR count). The van der Waals surface area contributed by atoms with Crippen LogP contribution in [0.1, 0.15) is 22.7 Å². The molecule has 1 aromatic rings. The van der Waals surface area contributed by atoms with Crippen LogP contribution in [0.4, 0.5) is 8.78 Å². The number of halogens is 3. The highest BCUT2D eigenvalue weighted by Gasteiger charge is 2.20. The molecule has 66 valence electrons. The number of hydrogen-bond donors (Lipinski definition) is 1. The minimum Gasteiger partial charge on any atom is -0.475 e. The summed E-state index contributed by atoms with van der Waals surface area (Å²) in [4.78, 5) is 10.2. The first-order valence-electron chi connectivity index (χ1n) is 2.83. The summed E-state index contributed by atoms with van der Waals surface area (Å²) >= 11 is 2.75. The lowest BCUT2D eigenvalue weighted by Gasteiger charge is -1.92. The van der Waals surface area contributed by atoms with Gasteiger partial charge in [-0.2, -0.15) is 0 Å². The van der Waals surface area contributed by atoms with Crippen molar-refractivity contribution < 1.29 is 23.1 Å². The van der Waals surface area contributed by atoms with E-state index in [9.17, 15) is 13.6 Å². The Labute approximate surface area is 74.1 Å². The predicted molar refractivity (Wildman–Crippen MR) is 38.3 cm³/mol. The van der Waals surface area contributed by atoms with E-state index in [4.69, 9.17) is 5.11 Å². The number of carboxylic acid groups (broad SMARTS) is 1. The molecule has 0 amide bonds. The van der Waals surface area contributed by atoms with Crippen LogP contribution in [0, 0.1) is 0 Å². The van der Waals surface area contributed by atoms with Gasteiger partial charge in [0.2, 0.25) is 5.76 Å². The van der Waals surface area contributed by atoms with E-state index in [0.717, 1.165) is 6.07 Å². The summed E-state index contributed by atoms with van der Waals surface area (Å²) in [6.45, 7) is 0.